The number of hydrogen-bond acceptors (Lipinski definition) is 2. The molecule has 0 atom stereocenters. The van der Waals surface area contributed by atoms with Crippen LogP contribution in [0.1, 0.15) is 12.8 Å². The van der Waals surface area contributed by atoms with Crippen LogP contribution in [0.4, 0.5) is 0 Å². The Morgan fingerprint density at radius 3 is 2.64 bits per heavy atom. The summed E-state index contributed by atoms with van der Waals surface area (Å²) in [5.74, 6) is 0. The topological polar surface area (TPSA) is 25.2 Å². The molecule has 0 radical (unpaired) electrons. The van der Waals surface area contributed by atoms with Gasteiger partial charge in [0.2, 0.25) is 0 Å². The van der Waals surface area contributed by atoms with Crippen LogP contribution in [0.5, 0.6) is 0 Å². The van der Waals surface area contributed by atoms with Gasteiger partial charge in [-0.15, -0.1) is 0 Å². The highest BCUT2D eigenvalue weighted by atomic mass is 16.1. The first-order chi connectivity index (χ1) is 6.86. The maximum absolute atomic E-state index is 11.4. The molecule has 0 bridgehead atoms. The highest BCUT2D eigenvalue weighted by molar-refractivity contribution is 4.93. The van der Waals surface area contributed by atoms with Gasteiger partial charge in [-0.25, -0.2) is 0 Å². The average Bonchev–Trinajstić information content (AvgIpc) is 2.69. The van der Waals surface area contributed by atoms with Crippen molar-refractivity contribution in [1.29, 1.82) is 0 Å². The van der Waals surface area contributed by atoms with Gasteiger partial charge in [-0.3, -0.25) is 4.79 Å². The molecule has 1 aromatic heterocycles. The van der Waals surface area contributed by atoms with Gasteiger partial charge in [0.25, 0.3) is 5.56 Å². The van der Waals surface area contributed by atoms with E-state index in [-0.39, 0.29) is 5.56 Å². The predicted octanol–water partition coefficient (Wildman–Crippen LogP) is 0.944. The fourth-order valence-electron chi connectivity index (χ4n) is 1.90. The van der Waals surface area contributed by atoms with Gasteiger partial charge >= 0.3 is 0 Å². The van der Waals surface area contributed by atoms with Gasteiger partial charge in [0, 0.05) is 25.4 Å². The number of aromatic nitrogens is 1. The summed E-state index contributed by atoms with van der Waals surface area (Å²) in [5.41, 5.74) is 0.103. The minimum Gasteiger partial charge on any atom is -0.314 e. The van der Waals surface area contributed by atoms with Gasteiger partial charge in [0.15, 0.2) is 0 Å². The first-order valence-corrected chi connectivity index (χ1v) is 5.24. The van der Waals surface area contributed by atoms with Crippen LogP contribution >= 0.6 is 0 Å². The monoisotopic (exact) mass is 192 g/mol. The maximum atomic E-state index is 11.4. The lowest BCUT2D eigenvalue weighted by molar-refractivity contribution is 0.320. The van der Waals surface area contributed by atoms with Crippen LogP contribution in [0.25, 0.3) is 0 Å². The van der Waals surface area contributed by atoms with Gasteiger partial charge in [0.1, 0.15) is 0 Å². The van der Waals surface area contributed by atoms with Crippen LogP contribution in [-0.4, -0.2) is 29.1 Å². The van der Waals surface area contributed by atoms with Gasteiger partial charge in [-0.05, 0) is 32.0 Å². The number of rotatable bonds is 3. The highest BCUT2D eigenvalue weighted by Gasteiger charge is 2.10. The fourth-order valence-corrected chi connectivity index (χ4v) is 1.90. The fraction of sp³-hybridized carbons (Fsp3) is 0.545. The van der Waals surface area contributed by atoms with Crippen LogP contribution in [-0.2, 0) is 6.54 Å². The molecule has 0 aromatic carbocycles. The Morgan fingerprint density at radius 1 is 1.14 bits per heavy atom. The summed E-state index contributed by atoms with van der Waals surface area (Å²) in [5, 5.41) is 0. The molecule has 14 heavy (non-hydrogen) atoms. The summed E-state index contributed by atoms with van der Waals surface area (Å²) >= 11 is 0. The van der Waals surface area contributed by atoms with Gasteiger partial charge < -0.3 is 9.47 Å². The van der Waals surface area contributed by atoms with Crippen molar-refractivity contribution < 1.29 is 0 Å². The molecule has 0 unspecified atom stereocenters. The molecule has 3 heteroatoms. The smallest absolute Gasteiger partial charge is 0.250 e. The number of hydrogen-bond donors (Lipinski definition) is 0. The largest absolute Gasteiger partial charge is 0.314 e. The first kappa shape index (κ1) is 9.46. The normalized spacial score (nSPS) is 17.4. The molecule has 0 saturated carbocycles. The van der Waals surface area contributed by atoms with Crippen molar-refractivity contribution in [1.82, 2.24) is 9.47 Å². The van der Waals surface area contributed by atoms with Gasteiger partial charge in [-0.1, -0.05) is 6.07 Å². The van der Waals surface area contributed by atoms with Crippen LogP contribution < -0.4 is 5.56 Å². The van der Waals surface area contributed by atoms with E-state index >= 15 is 0 Å². The lowest BCUT2D eigenvalue weighted by Gasteiger charge is -2.14. The van der Waals surface area contributed by atoms with Crippen LogP contribution in [0, 0.1) is 0 Å². The maximum Gasteiger partial charge on any atom is 0.250 e. The van der Waals surface area contributed by atoms with Crippen molar-refractivity contribution in [3.05, 3.63) is 34.7 Å². The second-order valence-electron chi connectivity index (χ2n) is 3.78. The van der Waals surface area contributed by atoms with E-state index < -0.39 is 0 Å². The Bertz CT molecular complexity index is 339. The molecular formula is C11H16N2O. The van der Waals surface area contributed by atoms with Crippen LogP contribution in [0.2, 0.25) is 0 Å². The molecule has 76 valence electrons. The molecule has 0 amide bonds. The van der Waals surface area contributed by atoms with Crippen molar-refractivity contribution in [3.8, 4) is 0 Å². The summed E-state index contributed by atoms with van der Waals surface area (Å²) in [7, 11) is 0. The van der Waals surface area contributed by atoms with Gasteiger partial charge in [-0.2, -0.15) is 0 Å². The zero-order chi connectivity index (χ0) is 9.80. The second-order valence-corrected chi connectivity index (χ2v) is 3.78. The van der Waals surface area contributed by atoms with Crippen LogP contribution in [0.3, 0.4) is 0 Å². The Labute approximate surface area is 84.0 Å². The molecular weight excluding hydrogens is 176 g/mol. The second kappa shape index (κ2) is 4.42. The lowest BCUT2D eigenvalue weighted by Crippen LogP contribution is -2.28. The van der Waals surface area contributed by atoms with Crippen LogP contribution in [0.15, 0.2) is 29.2 Å². The quantitative estimate of drug-likeness (QED) is 0.712. The molecule has 0 N–H and O–H groups in total. The Hall–Kier alpha value is -1.09. The van der Waals surface area contributed by atoms with Gasteiger partial charge in [0.05, 0.1) is 0 Å². The van der Waals surface area contributed by atoms with E-state index in [1.807, 2.05) is 12.3 Å². The van der Waals surface area contributed by atoms with Crippen molar-refractivity contribution >= 4 is 0 Å². The molecule has 1 saturated heterocycles. The molecule has 0 aliphatic carbocycles. The number of pyridine rings is 1. The number of likely N-dealkylation sites (tertiary alicyclic amines) is 1. The first-order valence-electron chi connectivity index (χ1n) is 5.24. The van der Waals surface area contributed by atoms with Crippen molar-refractivity contribution in [2.24, 2.45) is 0 Å². The van der Waals surface area contributed by atoms with E-state index in [4.69, 9.17) is 0 Å². The minimum absolute atomic E-state index is 0.103. The number of nitrogens with zero attached hydrogens (tertiary/aromatic N) is 2. The predicted molar refractivity (Wildman–Crippen MR) is 56.4 cm³/mol. The third kappa shape index (κ3) is 2.23. The molecule has 2 heterocycles. The SMILES string of the molecule is O=c1ccccn1CCN1CCCC1. The van der Waals surface area contributed by atoms with Crippen molar-refractivity contribution in [2.45, 2.75) is 19.4 Å². The molecule has 1 fully saturated rings. The molecule has 1 aliphatic heterocycles. The Morgan fingerprint density at radius 2 is 1.93 bits per heavy atom. The van der Waals surface area contributed by atoms with E-state index in [0.717, 1.165) is 13.1 Å². The highest BCUT2D eigenvalue weighted by Crippen LogP contribution is 2.06. The molecule has 2 rings (SSSR count). The van der Waals surface area contributed by atoms with E-state index in [9.17, 15) is 4.79 Å². The molecule has 3 nitrogen and oxygen atoms in total. The zero-order valence-corrected chi connectivity index (χ0v) is 8.35. The standard InChI is InChI=1S/C11H16N2O/c14-11-5-1-2-8-13(11)10-9-12-6-3-4-7-12/h1-2,5,8H,3-4,6-7,9-10H2. The molecule has 1 aromatic rings. The Balaban J connectivity index is 1.91. The minimum atomic E-state index is 0.103. The van der Waals surface area contributed by atoms with E-state index in [0.29, 0.717) is 0 Å². The van der Waals surface area contributed by atoms with Crippen molar-refractivity contribution in [2.75, 3.05) is 19.6 Å². The third-order valence-corrected chi connectivity index (χ3v) is 2.75. The lowest BCUT2D eigenvalue weighted by atomic mass is 10.4. The van der Waals surface area contributed by atoms with E-state index in [2.05, 4.69) is 4.90 Å². The summed E-state index contributed by atoms with van der Waals surface area (Å²) in [6, 6.07) is 5.31. The van der Waals surface area contributed by atoms with Crippen molar-refractivity contribution in [3.63, 3.8) is 0 Å². The summed E-state index contributed by atoms with van der Waals surface area (Å²) in [4.78, 5) is 13.8. The summed E-state index contributed by atoms with van der Waals surface area (Å²) in [6.07, 6.45) is 4.48. The Kier molecular flexibility index (Phi) is 2.99. The zero-order valence-electron chi connectivity index (χ0n) is 8.35. The summed E-state index contributed by atoms with van der Waals surface area (Å²) < 4.78 is 1.78. The van der Waals surface area contributed by atoms with E-state index in [1.165, 1.54) is 25.9 Å². The molecule has 1 aliphatic rings. The van der Waals surface area contributed by atoms with E-state index in [1.54, 1.807) is 16.7 Å². The third-order valence-electron chi connectivity index (χ3n) is 2.75. The average molecular weight is 192 g/mol. The summed E-state index contributed by atoms with van der Waals surface area (Å²) in [6.45, 7) is 4.22. The molecule has 0 spiro atoms.